The Morgan fingerprint density at radius 2 is 1.22 bits per heavy atom. The molecule has 193 valence electrons. The number of carbonyl (C=O) groups is 1. The Labute approximate surface area is 196 Å². The Morgan fingerprint density at radius 1 is 0.844 bits per heavy atom. The van der Waals surface area contributed by atoms with Gasteiger partial charge in [0, 0.05) is 0 Å². The minimum absolute atomic E-state index is 0.220. The molecular formula is C23H48NO7S. The second kappa shape index (κ2) is 24.6. The second-order valence-electron chi connectivity index (χ2n) is 8.03. The minimum atomic E-state index is -4.67. The highest BCUT2D eigenvalue weighted by molar-refractivity contribution is 7.79. The number of nitrogens with one attached hydrogen (secondary N) is 1. The first-order valence-electron chi connectivity index (χ1n) is 11.9. The topological polar surface area (TPSA) is 144 Å². The Morgan fingerprint density at radius 3 is 1.53 bits per heavy atom. The lowest BCUT2D eigenvalue weighted by molar-refractivity contribution is -0.143. The zero-order chi connectivity index (χ0) is 25.3. The molecule has 0 saturated carbocycles. The van der Waals surface area contributed by atoms with Crippen LogP contribution in [0.3, 0.4) is 0 Å². The summed E-state index contributed by atoms with van der Waals surface area (Å²) in [6, 6.07) is 0. The van der Waals surface area contributed by atoms with Crippen molar-refractivity contribution in [3.05, 3.63) is 12.2 Å². The molecule has 0 aromatic heterocycles. The average Bonchev–Trinajstić information content (AvgIpc) is 2.70. The number of aliphatic hydroxyl groups is 1. The number of rotatable bonds is 17. The highest BCUT2D eigenvalue weighted by Gasteiger charge is 2.11. The van der Waals surface area contributed by atoms with Crippen LogP contribution in [0.2, 0.25) is 0 Å². The van der Waals surface area contributed by atoms with Crippen molar-refractivity contribution in [2.75, 3.05) is 7.05 Å². The van der Waals surface area contributed by atoms with E-state index in [0.29, 0.717) is 0 Å². The van der Waals surface area contributed by atoms with Gasteiger partial charge in [-0.25, -0.2) is 9.90 Å². The van der Waals surface area contributed by atoms with E-state index in [2.05, 4.69) is 24.4 Å². The van der Waals surface area contributed by atoms with Crippen molar-refractivity contribution in [3.8, 4) is 0 Å². The molecule has 0 fully saturated rings. The molecule has 0 aliphatic rings. The normalized spacial score (nSPS) is 13.0. The highest BCUT2D eigenvalue weighted by atomic mass is 32.3. The molecule has 1 radical (unpaired) electrons. The quantitative estimate of drug-likeness (QED) is 0.0907. The van der Waals surface area contributed by atoms with E-state index < -0.39 is 22.1 Å². The van der Waals surface area contributed by atoms with E-state index in [1.54, 1.807) is 14.0 Å². The summed E-state index contributed by atoms with van der Waals surface area (Å²) in [5, 5.41) is 22.0. The van der Waals surface area contributed by atoms with Gasteiger partial charge in [-0.15, -0.1) is 0 Å². The van der Waals surface area contributed by atoms with Crippen LogP contribution in [0.4, 0.5) is 0 Å². The smallest absolute Gasteiger partial charge is 0.376 e. The van der Waals surface area contributed by atoms with Crippen LogP contribution in [0.15, 0.2) is 12.2 Å². The largest absolute Gasteiger partial charge is 0.394 e. The van der Waals surface area contributed by atoms with Crippen LogP contribution in [-0.2, 0) is 20.3 Å². The molecule has 4 N–H and O–H groups in total. The van der Waals surface area contributed by atoms with Gasteiger partial charge in [0.2, 0.25) is 0 Å². The zero-order valence-corrected chi connectivity index (χ0v) is 21.5. The molecule has 0 amide bonds. The van der Waals surface area contributed by atoms with Crippen molar-refractivity contribution in [2.45, 2.75) is 123 Å². The summed E-state index contributed by atoms with van der Waals surface area (Å²) in [4.78, 5) is 10.2. The van der Waals surface area contributed by atoms with Crippen LogP contribution < -0.4 is 5.32 Å². The van der Waals surface area contributed by atoms with E-state index >= 15 is 0 Å². The maximum absolute atomic E-state index is 10.2. The fraction of sp³-hybridized carbons (Fsp3) is 0.870. The summed E-state index contributed by atoms with van der Waals surface area (Å²) in [7, 11) is -2.93. The van der Waals surface area contributed by atoms with Gasteiger partial charge in [-0.3, -0.25) is 14.4 Å². The summed E-state index contributed by atoms with van der Waals surface area (Å²) in [5.74, 6) is -0.914. The van der Waals surface area contributed by atoms with Gasteiger partial charge in [0.15, 0.2) is 0 Å². The number of allylic oxidation sites excluding steroid dienone is 2. The summed E-state index contributed by atoms with van der Waals surface area (Å²) >= 11 is 0. The highest BCUT2D eigenvalue weighted by Crippen LogP contribution is 2.09. The molecule has 0 rings (SSSR count). The fourth-order valence-electron chi connectivity index (χ4n) is 2.52. The number of unbranched alkanes of at least 4 members (excludes halogenated alkanes) is 11. The third-order valence-corrected chi connectivity index (χ3v) is 4.87. The lowest BCUT2D eigenvalue weighted by atomic mass is 10.1. The van der Waals surface area contributed by atoms with E-state index in [1.165, 1.54) is 64.2 Å². The predicted octanol–water partition coefficient (Wildman–Crippen LogP) is 5.65. The molecule has 0 aromatic rings. The second-order valence-corrected chi connectivity index (χ2v) is 8.93. The first kappa shape index (κ1) is 35.6. The van der Waals surface area contributed by atoms with Crippen molar-refractivity contribution < 1.29 is 32.5 Å². The molecule has 8 nitrogen and oxygen atoms in total. The predicted molar refractivity (Wildman–Crippen MR) is 129 cm³/mol. The van der Waals surface area contributed by atoms with Crippen molar-refractivity contribution in [1.29, 1.82) is 0 Å². The van der Waals surface area contributed by atoms with Crippen LogP contribution in [0, 0.1) is 0 Å². The van der Waals surface area contributed by atoms with Gasteiger partial charge in [0.1, 0.15) is 5.72 Å². The van der Waals surface area contributed by atoms with Crippen LogP contribution in [-0.4, -0.2) is 41.4 Å². The molecule has 0 aromatic carbocycles. The SMILES string of the molecule is CCC(C)(O)NC.CCCCCCCC/C=C\CCCCCCCC([O])=O.O=S(=O)(O)O. The monoisotopic (exact) mass is 482 g/mol. The van der Waals surface area contributed by atoms with E-state index in [1.807, 2.05) is 6.92 Å². The van der Waals surface area contributed by atoms with Crippen molar-refractivity contribution in [1.82, 2.24) is 5.32 Å². The van der Waals surface area contributed by atoms with Gasteiger partial charge in [-0.05, 0) is 52.5 Å². The van der Waals surface area contributed by atoms with Crippen LogP contribution >= 0.6 is 0 Å². The maximum Gasteiger partial charge on any atom is 0.394 e. The number of hydrogen-bond acceptors (Lipinski definition) is 5. The van der Waals surface area contributed by atoms with Crippen molar-refractivity contribution >= 4 is 16.4 Å². The molecular weight excluding hydrogens is 434 g/mol. The zero-order valence-electron chi connectivity index (χ0n) is 20.6. The Kier molecular flexibility index (Phi) is 27.4. The molecule has 0 aliphatic carbocycles. The first-order valence-corrected chi connectivity index (χ1v) is 13.2. The molecule has 0 saturated heterocycles. The molecule has 9 heteroatoms. The van der Waals surface area contributed by atoms with Crippen LogP contribution in [0.5, 0.6) is 0 Å². The van der Waals surface area contributed by atoms with Crippen LogP contribution in [0.25, 0.3) is 0 Å². The third kappa shape index (κ3) is 47.0. The van der Waals surface area contributed by atoms with Gasteiger partial charge in [0.25, 0.3) is 0 Å². The van der Waals surface area contributed by atoms with Crippen LogP contribution in [0.1, 0.15) is 117 Å². The lowest BCUT2D eigenvalue weighted by Gasteiger charge is -2.19. The molecule has 0 heterocycles. The molecule has 0 bridgehead atoms. The lowest BCUT2D eigenvalue weighted by Crippen LogP contribution is -2.38. The van der Waals surface area contributed by atoms with Crippen molar-refractivity contribution in [2.24, 2.45) is 0 Å². The van der Waals surface area contributed by atoms with E-state index in [9.17, 15) is 9.90 Å². The van der Waals surface area contributed by atoms with Gasteiger partial charge in [-0.1, -0.05) is 77.4 Å². The Bertz CT molecular complexity index is 520. The summed E-state index contributed by atoms with van der Waals surface area (Å²) in [6.45, 7) is 5.93. The molecule has 1 atom stereocenters. The minimum Gasteiger partial charge on any atom is -0.376 e. The van der Waals surface area contributed by atoms with Crippen molar-refractivity contribution in [3.63, 3.8) is 0 Å². The fourth-order valence-corrected chi connectivity index (χ4v) is 2.52. The van der Waals surface area contributed by atoms with Gasteiger partial charge < -0.3 is 5.11 Å². The Balaban J connectivity index is -0.000000572. The molecule has 0 aliphatic heterocycles. The number of carbonyl (C=O) groups excluding carboxylic acids is 1. The summed E-state index contributed by atoms with van der Waals surface area (Å²) in [5.41, 5.74) is -0.667. The van der Waals surface area contributed by atoms with E-state index in [-0.39, 0.29) is 6.42 Å². The number of hydrogen-bond donors (Lipinski definition) is 4. The summed E-state index contributed by atoms with van der Waals surface area (Å²) in [6.07, 6.45) is 21.6. The molecule has 0 spiro atoms. The summed E-state index contributed by atoms with van der Waals surface area (Å²) < 4.78 is 31.6. The Hall–Kier alpha value is -1.00. The van der Waals surface area contributed by atoms with Gasteiger partial charge in [-0.2, -0.15) is 8.42 Å². The molecule has 32 heavy (non-hydrogen) atoms. The van der Waals surface area contributed by atoms with Gasteiger partial charge in [0.05, 0.1) is 6.42 Å². The average molecular weight is 483 g/mol. The standard InChI is InChI=1S/C18H33O2.C5H13NO.H2O4S/c1-2-3-4-5-6-7-8-9-10-11-12-13-14-15-16-17-18(19)20;1-4-5(2,7)6-3;1-5(2,3)4/h9-10H,2-8,11-17H2,1H3;6-7H,4H2,1-3H3;(H2,1,2,3,4)/b10-9-;;. The maximum atomic E-state index is 10.2. The first-order chi connectivity index (χ1) is 14.9. The van der Waals surface area contributed by atoms with E-state index in [4.69, 9.17) is 22.6 Å². The third-order valence-electron chi connectivity index (χ3n) is 4.87. The van der Waals surface area contributed by atoms with Gasteiger partial charge >= 0.3 is 16.4 Å². The molecule has 1 unspecified atom stereocenters. The van der Waals surface area contributed by atoms with E-state index in [0.717, 1.165) is 25.7 Å².